The average molecular weight is 279 g/mol. The fraction of sp³-hybridized carbons (Fsp3) is 0.562. The summed E-state index contributed by atoms with van der Waals surface area (Å²) in [6.07, 6.45) is -0.331. The molecule has 0 spiro atoms. The molecular weight excluding hydrogens is 254 g/mol. The predicted octanol–water partition coefficient (Wildman–Crippen LogP) is 3.55. The summed E-state index contributed by atoms with van der Waals surface area (Å²) < 4.78 is 11.1. The van der Waals surface area contributed by atoms with Gasteiger partial charge >= 0.3 is 6.09 Å². The van der Waals surface area contributed by atoms with Crippen molar-refractivity contribution in [2.75, 3.05) is 20.2 Å². The van der Waals surface area contributed by atoms with E-state index < -0.39 is 5.60 Å². The van der Waals surface area contributed by atoms with E-state index in [1.165, 1.54) is 4.90 Å². The van der Waals surface area contributed by atoms with Crippen molar-refractivity contribution in [3.8, 4) is 5.75 Å². The molecule has 0 saturated carbocycles. The number of hydrogen-bond donors (Lipinski definition) is 0. The van der Waals surface area contributed by atoms with Crippen molar-refractivity contribution in [3.63, 3.8) is 0 Å². The lowest BCUT2D eigenvalue weighted by Gasteiger charge is -2.24. The van der Waals surface area contributed by atoms with Crippen molar-refractivity contribution in [1.29, 1.82) is 0 Å². The maximum absolute atomic E-state index is 11.8. The summed E-state index contributed by atoms with van der Waals surface area (Å²) in [6, 6.07) is 6.03. The van der Waals surface area contributed by atoms with Crippen molar-refractivity contribution in [1.82, 2.24) is 4.90 Å². The maximum Gasteiger partial charge on any atom is 0.410 e. The van der Waals surface area contributed by atoms with E-state index in [0.29, 0.717) is 13.2 Å². The summed E-state index contributed by atoms with van der Waals surface area (Å²) in [5.41, 5.74) is 1.73. The zero-order valence-corrected chi connectivity index (χ0v) is 13.3. The Kier molecular flexibility index (Phi) is 5.43. The number of benzene rings is 1. The fourth-order valence-electron chi connectivity index (χ4n) is 1.74. The minimum absolute atomic E-state index is 0.331. The summed E-state index contributed by atoms with van der Waals surface area (Å²) in [4.78, 5) is 13.3. The number of rotatable bonds is 4. The van der Waals surface area contributed by atoms with E-state index in [2.05, 4.69) is 0 Å². The van der Waals surface area contributed by atoms with E-state index in [1.807, 2.05) is 52.8 Å². The molecule has 20 heavy (non-hydrogen) atoms. The fourth-order valence-corrected chi connectivity index (χ4v) is 1.74. The first-order valence-electron chi connectivity index (χ1n) is 6.84. The Labute approximate surface area is 121 Å². The lowest BCUT2D eigenvalue weighted by molar-refractivity contribution is 0.0278. The van der Waals surface area contributed by atoms with E-state index in [4.69, 9.17) is 9.47 Å². The first kappa shape index (κ1) is 16.3. The molecule has 4 nitrogen and oxygen atoms in total. The van der Waals surface area contributed by atoms with Gasteiger partial charge in [-0.05, 0) is 45.7 Å². The molecule has 0 atom stereocenters. The Hall–Kier alpha value is -1.71. The van der Waals surface area contributed by atoms with Gasteiger partial charge in [-0.2, -0.15) is 0 Å². The Bertz CT molecular complexity index is 443. The summed E-state index contributed by atoms with van der Waals surface area (Å²) in [5.74, 6) is 0.894. The summed E-state index contributed by atoms with van der Waals surface area (Å²) >= 11 is 0. The number of carbonyl (C=O) groups is 1. The number of nitrogens with zero attached hydrogens (tertiary/aromatic N) is 1. The van der Waals surface area contributed by atoms with Crippen LogP contribution in [0.3, 0.4) is 0 Å². The van der Waals surface area contributed by atoms with Gasteiger partial charge in [-0.15, -0.1) is 0 Å². The van der Waals surface area contributed by atoms with E-state index >= 15 is 0 Å². The number of hydrogen-bond acceptors (Lipinski definition) is 3. The zero-order valence-electron chi connectivity index (χ0n) is 13.3. The molecule has 0 bridgehead atoms. The van der Waals surface area contributed by atoms with E-state index in [0.717, 1.165) is 16.9 Å². The highest BCUT2D eigenvalue weighted by Crippen LogP contribution is 2.22. The van der Waals surface area contributed by atoms with Crippen molar-refractivity contribution in [3.05, 3.63) is 29.3 Å². The van der Waals surface area contributed by atoms with Gasteiger partial charge in [-0.25, -0.2) is 4.79 Å². The molecule has 112 valence electrons. The molecule has 1 rings (SSSR count). The van der Waals surface area contributed by atoms with Crippen molar-refractivity contribution < 1.29 is 14.3 Å². The van der Waals surface area contributed by atoms with Crippen LogP contribution in [-0.2, 0) is 4.74 Å². The van der Waals surface area contributed by atoms with Crippen LogP contribution in [0.5, 0.6) is 5.75 Å². The van der Waals surface area contributed by atoms with Gasteiger partial charge in [0.2, 0.25) is 0 Å². The highest BCUT2D eigenvalue weighted by atomic mass is 16.6. The van der Waals surface area contributed by atoms with Crippen LogP contribution in [-0.4, -0.2) is 36.8 Å². The van der Waals surface area contributed by atoms with Gasteiger partial charge in [0.25, 0.3) is 0 Å². The lowest BCUT2D eigenvalue weighted by Crippen LogP contribution is -2.36. The first-order valence-corrected chi connectivity index (χ1v) is 6.84. The molecule has 0 fully saturated rings. The van der Waals surface area contributed by atoms with Gasteiger partial charge in [0, 0.05) is 7.05 Å². The van der Waals surface area contributed by atoms with Gasteiger partial charge in [0.05, 0.1) is 6.54 Å². The van der Waals surface area contributed by atoms with Crippen LogP contribution in [0.1, 0.15) is 31.9 Å². The van der Waals surface area contributed by atoms with Gasteiger partial charge in [0.15, 0.2) is 0 Å². The van der Waals surface area contributed by atoms with Crippen LogP contribution in [0.25, 0.3) is 0 Å². The maximum atomic E-state index is 11.8. The second-order valence-corrected chi connectivity index (χ2v) is 5.97. The number of ether oxygens (including phenoxy) is 2. The Morgan fingerprint density at radius 2 is 1.75 bits per heavy atom. The number of likely N-dealkylation sites (N-methyl/N-ethyl adjacent to an activating group) is 1. The van der Waals surface area contributed by atoms with Crippen LogP contribution >= 0.6 is 0 Å². The lowest BCUT2D eigenvalue weighted by atomic mass is 10.1. The zero-order chi connectivity index (χ0) is 15.3. The third kappa shape index (κ3) is 5.11. The molecule has 0 saturated heterocycles. The number of amides is 1. The molecule has 0 N–H and O–H groups in total. The van der Waals surface area contributed by atoms with E-state index in [1.54, 1.807) is 7.05 Å². The van der Waals surface area contributed by atoms with E-state index in [9.17, 15) is 4.79 Å². The second-order valence-electron chi connectivity index (χ2n) is 5.97. The van der Waals surface area contributed by atoms with Gasteiger partial charge in [-0.1, -0.05) is 18.2 Å². The van der Waals surface area contributed by atoms with Crippen LogP contribution in [0.15, 0.2) is 18.2 Å². The highest BCUT2D eigenvalue weighted by molar-refractivity contribution is 5.67. The van der Waals surface area contributed by atoms with Gasteiger partial charge in [-0.3, -0.25) is 0 Å². The molecule has 1 aromatic carbocycles. The molecule has 0 aromatic heterocycles. The highest BCUT2D eigenvalue weighted by Gasteiger charge is 2.19. The SMILES string of the molecule is Cc1cccc(C)c1OCCN(C)C(=O)OC(C)(C)C. The minimum Gasteiger partial charge on any atom is -0.491 e. The first-order chi connectivity index (χ1) is 9.20. The summed E-state index contributed by atoms with van der Waals surface area (Å²) in [5, 5.41) is 0. The van der Waals surface area contributed by atoms with Crippen LogP contribution < -0.4 is 4.74 Å². The molecule has 0 radical (unpaired) electrons. The Balaban J connectivity index is 2.46. The van der Waals surface area contributed by atoms with Gasteiger partial charge in [0.1, 0.15) is 18.0 Å². The average Bonchev–Trinajstić information content (AvgIpc) is 2.30. The van der Waals surface area contributed by atoms with Crippen molar-refractivity contribution in [2.45, 2.75) is 40.2 Å². The Morgan fingerprint density at radius 1 is 1.20 bits per heavy atom. The smallest absolute Gasteiger partial charge is 0.410 e. The van der Waals surface area contributed by atoms with Crippen molar-refractivity contribution >= 4 is 6.09 Å². The topological polar surface area (TPSA) is 38.8 Å². The summed E-state index contributed by atoms with van der Waals surface area (Å²) in [7, 11) is 1.71. The van der Waals surface area contributed by atoms with Gasteiger partial charge < -0.3 is 14.4 Å². The number of aryl methyl sites for hydroxylation is 2. The quantitative estimate of drug-likeness (QED) is 0.846. The molecule has 1 amide bonds. The van der Waals surface area contributed by atoms with E-state index in [-0.39, 0.29) is 6.09 Å². The molecular formula is C16H25NO3. The number of carbonyl (C=O) groups excluding carboxylic acids is 1. The monoisotopic (exact) mass is 279 g/mol. The molecule has 4 heteroatoms. The summed E-state index contributed by atoms with van der Waals surface area (Å²) in [6.45, 7) is 10.5. The standard InChI is InChI=1S/C16H25NO3/c1-12-8-7-9-13(2)14(12)19-11-10-17(6)15(18)20-16(3,4)5/h7-9H,10-11H2,1-6H3. The van der Waals surface area contributed by atoms with Crippen LogP contribution in [0.4, 0.5) is 4.79 Å². The molecule has 0 aliphatic carbocycles. The largest absolute Gasteiger partial charge is 0.491 e. The molecule has 0 aliphatic rings. The molecule has 0 heterocycles. The third-order valence-electron chi connectivity index (χ3n) is 2.79. The predicted molar refractivity (Wildman–Crippen MR) is 80.3 cm³/mol. The Morgan fingerprint density at radius 3 is 2.25 bits per heavy atom. The number of para-hydroxylation sites is 1. The normalized spacial score (nSPS) is 11.1. The third-order valence-corrected chi connectivity index (χ3v) is 2.79. The minimum atomic E-state index is -0.473. The van der Waals surface area contributed by atoms with Crippen molar-refractivity contribution in [2.24, 2.45) is 0 Å². The molecule has 0 aliphatic heterocycles. The molecule has 0 unspecified atom stereocenters. The molecule has 1 aromatic rings. The van der Waals surface area contributed by atoms with Crippen LogP contribution in [0, 0.1) is 13.8 Å². The van der Waals surface area contributed by atoms with Crippen LogP contribution in [0.2, 0.25) is 0 Å². The second kappa shape index (κ2) is 6.64.